The fourth-order valence-corrected chi connectivity index (χ4v) is 5.04. The summed E-state index contributed by atoms with van der Waals surface area (Å²) in [6.07, 6.45) is 6.61. The van der Waals surface area contributed by atoms with Crippen LogP contribution in [-0.2, 0) is 9.59 Å². The Balaban J connectivity index is 1.68. The third-order valence-corrected chi connectivity index (χ3v) is 7.23. The number of unbranched alkanes of at least 4 members (excludes halogenated alkanes) is 2. The lowest BCUT2D eigenvalue weighted by Gasteiger charge is -2.29. The van der Waals surface area contributed by atoms with Crippen LogP contribution in [0.1, 0.15) is 76.8 Å². The number of hydrogen-bond acceptors (Lipinski definition) is 3. The molecule has 2 aromatic rings. The number of amides is 2. The van der Waals surface area contributed by atoms with Crippen LogP contribution >= 0.6 is 0 Å². The van der Waals surface area contributed by atoms with Gasteiger partial charge in [-0.2, -0.15) is 0 Å². The standard InChI is InChI=1S/C29H38N2O3/c1-3-5-15-26(32)24(19-20-16-17-20)28(33)30-27-23-13-8-7-11-21(23)22-12-9-10-14-25(22)31(29(27)34)18-6-4-2/h7-14,20,24,26-27,32H,3-6,15-19H2,1-2H3,(H,30,33)/t24-,26+,27-/m1/s1. The van der Waals surface area contributed by atoms with E-state index in [0.717, 1.165) is 60.9 Å². The van der Waals surface area contributed by atoms with Crippen LogP contribution in [0.4, 0.5) is 5.69 Å². The highest BCUT2D eigenvalue weighted by Crippen LogP contribution is 2.41. The van der Waals surface area contributed by atoms with Crippen molar-refractivity contribution in [2.24, 2.45) is 11.8 Å². The molecule has 2 aromatic carbocycles. The van der Waals surface area contributed by atoms with E-state index in [-0.39, 0.29) is 11.8 Å². The number of aliphatic hydroxyl groups excluding tert-OH is 1. The number of hydrogen-bond donors (Lipinski definition) is 2. The van der Waals surface area contributed by atoms with Gasteiger partial charge < -0.3 is 15.3 Å². The number of fused-ring (bicyclic) bond motifs is 3. The normalized spacial score (nSPS) is 19.1. The Labute approximate surface area is 203 Å². The van der Waals surface area contributed by atoms with Crippen LogP contribution in [0.2, 0.25) is 0 Å². The fourth-order valence-electron chi connectivity index (χ4n) is 5.04. The Kier molecular flexibility index (Phi) is 8.04. The molecule has 34 heavy (non-hydrogen) atoms. The fraction of sp³-hybridized carbons (Fsp3) is 0.517. The van der Waals surface area contributed by atoms with Gasteiger partial charge in [0.25, 0.3) is 5.91 Å². The van der Waals surface area contributed by atoms with Gasteiger partial charge in [0.1, 0.15) is 6.04 Å². The van der Waals surface area contributed by atoms with E-state index < -0.39 is 18.1 Å². The van der Waals surface area contributed by atoms with E-state index in [4.69, 9.17) is 0 Å². The van der Waals surface area contributed by atoms with Crippen molar-refractivity contribution in [2.45, 2.75) is 77.4 Å². The number of benzene rings is 2. The highest BCUT2D eigenvalue weighted by Gasteiger charge is 2.38. The number of rotatable bonds is 11. The molecule has 0 unspecified atom stereocenters. The highest BCUT2D eigenvalue weighted by molar-refractivity contribution is 6.06. The van der Waals surface area contributed by atoms with Crippen molar-refractivity contribution in [2.75, 3.05) is 11.4 Å². The molecule has 0 aromatic heterocycles. The van der Waals surface area contributed by atoms with E-state index in [0.29, 0.717) is 25.3 Å². The van der Waals surface area contributed by atoms with Gasteiger partial charge in [0, 0.05) is 12.1 Å². The second-order valence-corrected chi connectivity index (χ2v) is 9.88. The second-order valence-electron chi connectivity index (χ2n) is 9.88. The minimum Gasteiger partial charge on any atom is -0.392 e. The van der Waals surface area contributed by atoms with Gasteiger partial charge in [0.15, 0.2) is 0 Å². The van der Waals surface area contributed by atoms with E-state index in [1.165, 1.54) is 0 Å². The number of carbonyl (C=O) groups is 2. The molecule has 5 nitrogen and oxygen atoms in total. The monoisotopic (exact) mass is 462 g/mol. The van der Waals surface area contributed by atoms with Crippen molar-refractivity contribution in [1.82, 2.24) is 5.32 Å². The molecule has 4 rings (SSSR count). The second kappa shape index (κ2) is 11.2. The van der Waals surface area contributed by atoms with Gasteiger partial charge in [0.2, 0.25) is 5.91 Å². The molecule has 1 aliphatic carbocycles. The predicted octanol–water partition coefficient (Wildman–Crippen LogP) is 5.63. The Morgan fingerprint density at radius 1 is 1.03 bits per heavy atom. The smallest absolute Gasteiger partial charge is 0.254 e. The van der Waals surface area contributed by atoms with Crippen LogP contribution in [0.25, 0.3) is 11.1 Å². The highest BCUT2D eigenvalue weighted by atomic mass is 16.3. The molecule has 182 valence electrons. The molecule has 1 saturated carbocycles. The average molecular weight is 463 g/mol. The molecule has 3 atom stereocenters. The summed E-state index contributed by atoms with van der Waals surface area (Å²) in [6.45, 7) is 4.81. The Bertz CT molecular complexity index is 1000. The zero-order chi connectivity index (χ0) is 24.1. The molecular weight excluding hydrogens is 424 g/mol. The van der Waals surface area contributed by atoms with Crippen LogP contribution < -0.4 is 10.2 Å². The molecule has 2 aliphatic rings. The predicted molar refractivity (Wildman–Crippen MR) is 136 cm³/mol. The molecule has 2 N–H and O–H groups in total. The van der Waals surface area contributed by atoms with Crippen LogP contribution in [-0.4, -0.2) is 29.6 Å². The van der Waals surface area contributed by atoms with Crippen LogP contribution in [0, 0.1) is 11.8 Å². The number of carbonyl (C=O) groups excluding carboxylic acids is 2. The van der Waals surface area contributed by atoms with Crippen molar-refractivity contribution < 1.29 is 14.7 Å². The third-order valence-electron chi connectivity index (χ3n) is 7.23. The number of nitrogens with zero attached hydrogens (tertiary/aromatic N) is 1. The zero-order valence-electron chi connectivity index (χ0n) is 20.5. The third kappa shape index (κ3) is 5.35. The maximum Gasteiger partial charge on any atom is 0.254 e. The maximum absolute atomic E-state index is 14.0. The molecule has 0 saturated heterocycles. The molecule has 2 amide bonds. The maximum atomic E-state index is 14.0. The summed E-state index contributed by atoms with van der Waals surface area (Å²) in [5.41, 5.74) is 3.70. The number of nitrogens with one attached hydrogen (secondary N) is 1. The molecule has 0 spiro atoms. The van der Waals surface area contributed by atoms with Crippen molar-refractivity contribution in [3.63, 3.8) is 0 Å². The van der Waals surface area contributed by atoms with E-state index in [1.807, 2.05) is 47.4 Å². The van der Waals surface area contributed by atoms with Gasteiger partial charge in [0.05, 0.1) is 17.7 Å². The number of anilines is 1. The summed E-state index contributed by atoms with van der Waals surface area (Å²) in [5, 5.41) is 14.0. The van der Waals surface area contributed by atoms with E-state index in [9.17, 15) is 14.7 Å². The Morgan fingerprint density at radius 3 is 2.41 bits per heavy atom. The lowest BCUT2D eigenvalue weighted by molar-refractivity contribution is -0.133. The quantitative estimate of drug-likeness (QED) is 0.455. The lowest BCUT2D eigenvalue weighted by Crippen LogP contribution is -2.46. The molecular formula is C29H38N2O3. The average Bonchev–Trinajstić information content (AvgIpc) is 3.69. The largest absolute Gasteiger partial charge is 0.392 e. The number of para-hydroxylation sites is 1. The van der Waals surface area contributed by atoms with Gasteiger partial charge in [-0.1, -0.05) is 88.4 Å². The minimum atomic E-state index is -0.770. The van der Waals surface area contributed by atoms with Gasteiger partial charge >= 0.3 is 0 Å². The van der Waals surface area contributed by atoms with Crippen LogP contribution in [0.15, 0.2) is 48.5 Å². The first-order valence-corrected chi connectivity index (χ1v) is 13.0. The van der Waals surface area contributed by atoms with Crippen molar-refractivity contribution in [3.05, 3.63) is 54.1 Å². The van der Waals surface area contributed by atoms with Crippen LogP contribution in [0.3, 0.4) is 0 Å². The molecule has 0 bridgehead atoms. The van der Waals surface area contributed by atoms with Gasteiger partial charge in [-0.05, 0) is 42.4 Å². The van der Waals surface area contributed by atoms with Crippen LogP contribution in [0.5, 0.6) is 0 Å². The summed E-state index contributed by atoms with van der Waals surface area (Å²) in [6, 6.07) is 15.1. The first-order valence-electron chi connectivity index (χ1n) is 13.0. The topological polar surface area (TPSA) is 69.6 Å². The van der Waals surface area contributed by atoms with E-state index in [1.54, 1.807) is 0 Å². The van der Waals surface area contributed by atoms with Gasteiger partial charge in [-0.15, -0.1) is 0 Å². The first kappa shape index (κ1) is 24.5. The van der Waals surface area contributed by atoms with Crippen molar-refractivity contribution in [3.8, 4) is 11.1 Å². The summed E-state index contributed by atoms with van der Waals surface area (Å²) < 4.78 is 0. The first-order chi connectivity index (χ1) is 16.5. The van der Waals surface area contributed by atoms with Gasteiger partial charge in [-0.3, -0.25) is 9.59 Å². The Morgan fingerprint density at radius 2 is 1.71 bits per heavy atom. The summed E-state index contributed by atoms with van der Waals surface area (Å²) in [5.74, 6) is -0.277. The van der Waals surface area contributed by atoms with Gasteiger partial charge in [-0.25, -0.2) is 0 Å². The molecule has 1 fully saturated rings. The summed E-state index contributed by atoms with van der Waals surface area (Å²) in [7, 11) is 0. The molecule has 5 heteroatoms. The van der Waals surface area contributed by atoms with Crippen molar-refractivity contribution >= 4 is 17.5 Å². The summed E-state index contributed by atoms with van der Waals surface area (Å²) >= 11 is 0. The Hall–Kier alpha value is -2.66. The molecule has 1 aliphatic heterocycles. The zero-order valence-corrected chi connectivity index (χ0v) is 20.5. The molecule has 1 heterocycles. The summed E-state index contributed by atoms with van der Waals surface area (Å²) in [4.78, 5) is 29.4. The molecule has 0 radical (unpaired) electrons. The SMILES string of the molecule is CCCC[C@H](O)[C@@H](CC1CC1)C(=O)N[C@H]1C(=O)N(CCCC)c2ccccc2-c2ccccc21. The minimum absolute atomic E-state index is 0.104. The lowest BCUT2D eigenvalue weighted by atomic mass is 9.90. The van der Waals surface area contributed by atoms with E-state index in [2.05, 4.69) is 25.2 Å². The van der Waals surface area contributed by atoms with E-state index >= 15 is 0 Å². The number of aliphatic hydroxyl groups is 1. The van der Waals surface area contributed by atoms with Crippen molar-refractivity contribution in [1.29, 1.82) is 0 Å².